The van der Waals surface area contributed by atoms with E-state index in [1.807, 2.05) is 13.0 Å². The number of anilines is 1. The molecule has 0 bridgehead atoms. The summed E-state index contributed by atoms with van der Waals surface area (Å²) in [7, 11) is 0. The number of H-pyrrole nitrogens is 1. The van der Waals surface area contributed by atoms with Crippen LogP contribution >= 0.6 is 0 Å². The molecule has 18 heavy (non-hydrogen) atoms. The summed E-state index contributed by atoms with van der Waals surface area (Å²) in [6, 6.07) is 6.20. The van der Waals surface area contributed by atoms with E-state index in [9.17, 15) is 4.39 Å². The van der Waals surface area contributed by atoms with Crippen LogP contribution in [0.3, 0.4) is 0 Å². The lowest BCUT2D eigenvalue weighted by atomic mass is 10.1. The zero-order valence-electron chi connectivity index (χ0n) is 9.74. The maximum Gasteiger partial charge on any atom is 0.178 e. The Morgan fingerprint density at radius 1 is 1.28 bits per heavy atom. The lowest BCUT2D eigenvalue weighted by Crippen LogP contribution is -1.92. The smallest absolute Gasteiger partial charge is 0.178 e. The Hall–Kier alpha value is -2.43. The molecule has 2 aromatic heterocycles. The minimum Gasteiger partial charge on any atom is -0.398 e. The standard InChI is InChI=1S/C13H11FN4/c1-7-4-11-13(16-6-7)18-12(17-11)9-3-2-8(14)5-10(9)15/h2-6H,15H2,1H3,(H,16,17,18). The van der Waals surface area contributed by atoms with Crippen molar-refractivity contribution in [2.24, 2.45) is 0 Å². The molecule has 2 heterocycles. The molecule has 1 aromatic carbocycles. The fourth-order valence-corrected chi connectivity index (χ4v) is 1.88. The first-order valence-electron chi connectivity index (χ1n) is 5.51. The number of fused-ring (bicyclic) bond motifs is 1. The molecule has 3 aromatic rings. The normalized spacial score (nSPS) is 11.0. The lowest BCUT2D eigenvalue weighted by Gasteiger charge is -2.01. The number of aromatic nitrogens is 3. The summed E-state index contributed by atoms with van der Waals surface area (Å²) in [6.07, 6.45) is 1.75. The van der Waals surface area contributed by atoms with Gasteiger partial charge in [-0.25, -0.2) is 14.4 Å². The SMILES string of the molecule is Cc1cnc2nc(-c3ccc(F)cc3N)[nH]c2c1. The van der Waals surface area contributed by atoms with Crippen molar-refractivity contribution in [2.45, 2.75) is 6.92 Å². The van der Waals surface area contributed by atoms with Gasteiger partial charge >= 0.3 is 0 Å². The number of halogens is 1. The quantitative estimate of drug-likeness (QED) is 0.644. The first kappa shape index (κ1) is 10.7. The number of nitrogens with one attached hydrogen (secondary N) is 1. The lowest BCUT2D eigenvalue weighted by molar-refractivity contribution is 0.628. The van der Waals surface area contributed by atoms with Crippen LogP contribution in [0, 0.1) is 12.7 Å². The molecule has 0 saturated carbocycles. The monoisotopic (exact) mass is 242 g/mol. The van der Waals surface area contributed by atoms with Crippen LogP contribution in [0.1, 0.15) is 5.56 Å². The number of pyridine rings is 1. The van der Waals surface area contributed by atoms with E-state index in [0.29, 0.717) is 22.7 Å². The summed E-state index contributed by atoms with van der Waals surface area (Å²) in [5, 5.41) is 0. The van der Waals surface area contributed by atoms with Crippen LogP contribution in [0.15, 0.2) is 30.5 Å². The highest BCUT2D eigenvalue weighted by Crippen LogP contribution is 2.25. The van der Waals surface area contributed by atoms with Crippen LogP contribution < -0.4 is 5.73 Å². The molecule has 0 amide bonds. The van der Waals surface area contributed by atoms with Gasteiger partial charge in [-0.05, 0) is 36.8 Å². The van der Waals surface area contributed by atoms with Crippen molar-refractivity contribution in [1.82, 2.24) is 15.0 Å². The molecule has 5 heteroatoms. The molecule has 0 aliphatic heterocycles. The summed E-state index contributed by atoms with van der Waals surface area (Å²) in [5.41, 5.74) is 9.32. The third-order valence-electron chi connectivity index (χ3n) is 2.74. The summed E-state index contributed by atoms with van der Waals surface area (Å²) in [5.74, 6) is 0.238. The molecular formula is C13H11FN4. The molecule has 0 radical (unpaired) electrons. The van der Waals surface area contributed by atoms with Gasteiger partial charge in [0.2, 0.25) is 0 Å². The van der Waals surface area contributed by atoms with Gasteiger partial charge in [-0.3, -0.25) is 0 Å². The highest BCUT2D eigenvalue weighted by Gasteiger charge is 2.09. The number of benzene rings is 1. The van der Waals surface area contributed by atoms with Crippen LogP contribution in [0.5, 0.6) is 0 Å². The molecule has 90 valence electrons. The zero-order chi connectivity index (χ0) is 12.7. The average Bonchev–Trinajstić information content (AvgIpc) is 2.71. The van der Waals surface area contributed by atoms with Crippen LogP contribution in [0.4, 0.5) is 10.1 Å². The van der Waals surface area contributed by atoms with E-state index in [-0.39, 0.29) is 5.82 Å². The fraction of sp³-hybridized carbons (Fsp3) is 0.0769. The Bertz CT molecular complexity index is 733. The topological polar surface area (TPSA) is 67.6 Å². The maximum atomic E-state index is 13.0. The molecule has 0 aliphatic carbocycles. The van der Waals surface area contributed by atoms with Crippen LogP contribution in [0.25, 0.3) is 22.6 Å². The van der Waals surface area contributed by atoms with Crippen molar-refractivity contribution in [3.05, 3.63) is 41.8 Å². The van der Waals surface area contributed by atoms with Crippen molar-refractivity contribution < 1.29 is 4.39 Å². The van der Waals surface area contributed by atoms with Crippen LogP contribution in [-0.4, -0.2) is 15.0 Å². The number of nitrogen functional groups attached to an aromatic ring is 1. The van der Waals surface area contributed by atoms with Gasteiger partial charge in [0.25, 0.3) is 0 Å². The molecule has 0 fully saturated rings. The summed E-state index contributed by atoms with van der Waals surface area (Å²) < 4.78 is 13.0. The zero-order valence-corrected chi connectivity index (χ0v) is 9.74. The highest BCUT2D eigenvalue weighted by molar-refractivity contribution is 5.80. The largest absolute Gasteiger partial charge is 0.398 e. The fourth-order valence-electron chi connectivity index (χ4n) is 1.88. The Kier molecular flexibility index (Phi) is 2.26. The minimum atomic E-state index is -0.360. The second-order valence-electron chi connectivity index (χ2n) is 4.20. The maximum absolute atomic E-state index is 13.0. The summed E-state index contributed by atoms with van der Waals surface area (Å²) in [6.45, 7) is 1.96. The summed E-state index contributed by atoms with van der Waals surface area (Å²) >= 11 is 0. The average molecular weight is 242 g/mol. The minimum absolute atomic E-state index is 0.353. The molecule has 0 aliphatic rings. The van der Waals surface area contributed by atoms with Gasteiger partial charge in [0.15, 0.2) is 5.65 Å². The molecule has 4 nitrogen and oxygen atoms in total. The van der Waals surface area contributed by atoms with Crippen molar-refractivity contribution >= 4 is 16.9 Å². The van der Waals surface area contributed by atoms with E-state index < -0.39 is 0 Å². The first-order valence-corrected chi connectivity index (χ1v) is 5.51. The number of rotatable bonds is 1. The number of nitrogens with two attached hydrogens (primary N) is 1. The van der Waals surface area contributed by atoms with E-state index in [1.54, 1.807) is 12.3 Å². The third kappa shape index (κ3) is 1.69. The van der Waals surface area contributed by atoms with E-state index in [4.69, 9.17) is 5.73 Å². The molecule has 0 unspecified atom stereocenters. The number of aromatic amines is 1. The predicted octanol–water partition coefficient (Wildman–Crippen LogP) is 2.65. The molecule has 0 spiro atoms. The van der Waals surface area contributed by atoms with Crippen molar-refractivity contribution in [3.63, 3.8) is 0 Å². The van der Waals surface area contributed by atoms with Crippen molar-refractivity contribution in [3.8, 4) is 11.4 Å². The Balaban J connectivity index is 2.19. The van der Waals surface area contributed by atoms with Crippen molar-refractivity contribution in [2.75, 3.05) is 5.73 Å². The van der Waals surface area contributed by atoms with Crippen molar-refractivity contribution in [1.29, 1.82) is 0 Å². The number of nitrogens with zero attached hydrogens (tertiary/aromatic N) is 2. The molecular weight excluding hydrogens is 231 g/mol. The Labute approximate surface area is 103 Å². The molecule has 3 rings (SSSR count). The molecule has 0 saturated heterocycles. The predicted molar refractivity (Wildman–Crippen MR) is 68.4 cm³/mol. The third-order valence-corrected chi connectivity index (χ3v) is 2.74. The highest BCUT2D eigenvalue weighted by atomic mass is 19.1. The molecule has 3 N–H and O–H groups in total. The first-order chi connectivity index (χ1) is 8.63. The second-order valence-corrected chi connectivity index (χ2v) is 4.20. The van der Waals surface area contributed by atoms with Gasteiger partial charge in [0.1, 0.15) is 11.6 Å². The van der Waals surface area contributed by atoms with E-state index in [0.717, 1.165) is 11.1 Å². The van der Waals surface area contributed by atoms with E-state index in [1.165, 1.54) is 12.1 Å². The summed E-state index contributed by atoms with van der Waals surface area (Å²) in [4.78, 5) is 11.7. The number of hydrogen-bond acceptors (Lipinski definition) is 3. The number of imidazole rings is 1. The second kappa shape index (κ2) is 3.80. The van der Waals surface area contributed by atoms with Crippen LogP contribution in [-0.2, 0) is 0 Å². The Morgan fingerprint density at radius 3 is 2.89 bits per heavy atom. The Morgan fingerprint density at radius 2 is 2.11 bits per heavy atom. The van der Waals surface area contributed by atoms with Gasteiger partial charge in [0, 0.05) is 17.4 Å². The molecule has 0 atom stereocenters. The van der Waals surface area contributed by atoms with Gasteiger partial charge in [-0.15, -0.1) is 0 Å². The van der Waals surface area contributed by atoms with E-state index >= 15 is 0 Å². The van der Waals surface area contributed by atoms with Gasteiger partial charge in [0.05, 0.1) is 5.52 Å². The van der Waals surface area contributed by atoms with Gasteiger partial charge < -0.3 is 10.7 Å². The van der Waals surface area contributed by atoms with Crippen LogP contribution in [0.2, 0.25) is 0 Å². The number of aryl methyl sites for hydroxylation is 1. The van der Waals surface area contributed by atoms with Gasteiger partial charge in [-0.2, -0.15) is 0 Å². The van der Waals surface area contributed by atoms with Gasteiger partial charge in [-0.1, -0.05) is 0 Å². The van der Waals surface area contributed by atoms with E-state index in [2.05, 4.69) is 15.0 Å². The number of hydrogen-bond donors (Lipinski definition) is 2.